The van der Waals surface area contributed by atoms with Crippen LogP contribution in [-0.2, 0) is 6.42 Å². The topological polar surface area (TPSA) is 18.5 Å². The van der Waals surface area contributed by atoms with Crippen molar-refractivity contribution in [3.05, 3.63) is 29.8 Å². The first-order valence-electron chi connectivity index (χ1n) is 10.5. The van der Waals surface area contributed by atoms with Gasteiger partial charge in [0.05, 0.1) is 0 Å². The lowest BCUT2D eigenvalue weighted by molar-refractivity contribution is 0.0691. The van der Waals surface area contributed by atoms with Crippen LogP contribution in [0.5, 0.6) is 0 Å². The van der Waals surface area contributed by atoms with Crippen LogP contribution in [0, 0.1) is 5.92 Å². The molecule has 1 saturated carbocycles. The van der Waals surface area contributed by atoms with Crippen LogP contribution in [0.3, 0.4) is 0 Å². The molecule has 4 heteroatoms. The molecule has 0 aromatic heterocycles. The largest absolute Gasteiger partial charge is 0.349 e. The number of piperidine rings is 1. The Balaban J connectivity index is 1.52. The standard InChI is InChI=1S/C22H35N3S/c1-4-18-10-6-7-11-20(18)23-22(26)25-15-13-19(14-16-25)24(3)21-12-8-5-9-17(21)2/h6-7,10-11,17,19,21H,4-5,8-9,12-16H2,1-3H3,(H,23,26)/t17-,21+/m1/s1. The Bertz CT molecular complexity index is 595. The van der Waals surface area contributed by atoms with Crippen molar-refractivity contribution in [3.63, 3.8) is 0 Å². The number of aryl methyl sites for hydroxylation is 1. The van der Waals surface area contributed by atoms with E-state index < -0.39 is 0 Å². The number of benzene rings is 1. The van der Waals surface area contributed by atoms with Gasteiger partial charge in [0.25, 0.3) is 0 Å². The highest BCUT2D eigenvalue weighted by molar-refractivity contribution is 7.80. The molecule has 2 aliphatic rings. The number of nitrogens with one attached hydrogen (secondary N) is 1. The Morgan fingerprint density at radius 3 is 2.54 bits per heavy atom. The van der Waals surface area contributed by atoms with Crippen molar-refractivity contribution in [1.82, 2.24) is 9.80 Å². The summed E-state index contributed by atoms with van der Waals surface area (Å²) in [6, 6.07) is 9.98. The van der Waals surface area contributed by atoms with Crippen molar-refractivity contribution < 1.29 is 0 Å². The Morgan fingerprint density at radius 1 is 1.15 bits per heavy atom. The molecule has 1 aromatic rings. The van der Waals surface area contributed by atoms with Crippen LogP contribution in [0.15, 0.2) is 24.3 Å². The zero-order valence-electron chi connectivity index (χ0n) is 16.7. The van der Waals surface area contributed by atoms with E-state index in [0.717, 1.165) is 42.3 Å². The average molecular weight is 374 g/mol. The predicted octanol–water partition coefficient (Wildman–Crippen LogP) is 4.92. The van der Waals surface area contributed by atoms with Gasteiger partial charge in [-0.05, 0) is 68.9 Å². The summed E-state index contributed by atoms with van der Waals surface area (Å²) in [7, 11) is 2.36. The van der Waals surface area contributed by atoms with Gasteiger partial charge in [0.15, 0.2) is 5.11 Å². The number of rotatable bonds is 4. The van der Waals surface area contributed by atoms with E-state index in [1.165, 1.54) is 44.1 Å². The molecule has 1 saturated heterocycles. The summed E-state index contributed by atoms with van der Waals surface area (Å²) in [5.74, 6) is 0.847. The van der Waals surface area contributed by atoms with E-state index in [-0.39, 0.29) is 0 Å². The van der Waals surface area contributed by atoms with Gasteiger partial charge in [-0.3, -0.25) is 0 Å². The lowest BCUT2D eigenvalue weighted by atomic mass is 9.84. The summed E-state index contributed by atoms with van der Waals surface area (Å²) in [5, 5.41) is 4.38. The third-order valence-electron chi connectivity index (χ3n) is 6.56. The maximum Gasteiger partial charge on any atom is 0.173 e. The van der Waals surface area contributed by atoms with E-state index in [9.17, 15) is 0 Å². The zero-order chi connectivity index (χ0) is 18.5. The summed E-state index contributed by atoms with van der Waals surface area (Å²) >= 11 is 5.71. The highest BCUT2D eigenvalue weighted by atomic mass is 32.1. The molecule has 3 rings (SSSR count). The van der Waals surface area contributed by atoms with Gasteiger partial charge in [0.2, 0.25) is 0 Å². The van der Waals surface area contributed by atoms with Crippen LogP contribution < -0.4 is 5.32 Å². The minimum absolute atomic E-state index is 0.711. The summed E-state index contributed by atoms with van der Waals surface area (Å²) in [6.07, 6.45) is 9.07. The van der Waals surface area contributed by atoms with E-state index in [1.54, 1.807) is 0 Å². The summed E-state index contributed by atoms with van der Waals surface area (Å²) in [5.41, 5.74) is 2.49. The van der Waals surface area contributed by atoms with Crippen molar-refractivity contribution in [2.45, 2.75) is 70.9 Å². The van der Waals surface area contributed by atoms with Crippen LogP contribution in [0.4, 0.5) is 5.69 Å². The van der Waals surface area contributed by atoms with E-state index >= 15 is 0 Å². The maximum atomic E-state index is 5.71. The van der Waals surface area contributed by atoms with Crippen molar-refractivity contribution in [3.8, 4) is 0 Å². The number of anilines is 1. The number of nitrogens with zero attached hydrogens (tertiary/aromatic N) is 2. The molecule has 1 aliphatic carbocycles. The van der Waals surface area contributed by atoms with Gasteiger partial charge in [0, 0.05) is 30.9 Å². The van der Waals surface area contributed by atoms with Gasteiger partial charge in [-0.15, -0.1) is 0 Å². The molecule has 26 heavy (non-hydrogen) atoms. The number of para-hydroxylation sites is 1. The molecule has 144 valence electrons. The van der Waals surface area contributed by atoms with Gasteiger partial charge in [-0.1, -0.05) is 44.9 Å². The Morgan fingerprint density at radius 2 is 1.85 bits per heavy atom. The molecule has 0 bridgehead atoms. The van der Waals surface area contributed by atoms with Crippen LogP contribution in [0.2, 0.25) is 0 Å². The number of likely N-dealkylation sites (tertiary alicyclic amines) is 1. The molecule has 1 aromatic carbocycles. The lowest BCUT2D eigenvalue weighted by Gasteiger charge is -2.44. The van der Waals surface area contributed by atoms with Crippen LogP contribution in [-0.4, -0.2) is 47.1 Å². The first-order chi connectivity index (χ1) is 12.6. The third-order valence-corrected chi connectivity index (χ3v) is 6.92. The summed E-state index contributed by atoms with van der Waals surface area (Å²) in [6.45, 7) is 6.77. The second kappa shape index (κ2) is 9.18. The molecule has 0 radical (unpaired) electrons. The quantitative estimate of drug-likeness (QED) is 0.755. The van der Waals surface area contributed by atoms with Gasteiger partial charge >= 0.3 is 0 Å². The second-order valence-electron chi connectivity index (χ2n) is 8.15. The highest BCUT2D eigenvalue weighted by Crippen LogP contribution is 2.30. The number of hydrogen-bond donors (Lipinski definition) is 1. The summed E-state index contributed by atoms with van der Waals surface area (Å²) < 4.78 is 0. The van der Waals surface area contributed by atoms with E-state index in [1.807, 2.05) is 0 Å². The fourth-order valence-corrected chi connectivity index (χ4v) is 5.09. The van der Waals surface area contributed by atoms with E-state index in [4.69, 9.17) is 12.2 Å². The Labute approximate surface area is 165 Å². The molecule has 0 spiro atoms. The van der Waals surface area contributed by atoms with E-state index in [2.05, 4.69) is 60.3 Å². The minimum atomic E-state index is 0.711. The van der Waals surface area contributed by atoms with Gasteiger partial charge in [-0.25, -0.2) is 0 Å². The second-order valence-corrected chi connectivity index (χ2v) is 8.54. The van der Waals surface area contributed by atoms with E-state index in [0.29, 0.717) is 6.04 Å². The first kappa shape index (κ1) is 19.6. The first-order valence-corrected chi connectivity index (χ1v) is 10.9. The van der Waals surface area contributed by atoms with Crippen molar-refractivity contribution in [1.29, 1.82) is 0 Å². The molecule has 2 fully saturated rings. The Kier molecular flexibility index (Phi) is 6.93. The van der Waals surface area contributed by atoms with Crippen LogP contribution in [0.1, 0.15) is 57.9 Å². The van der Waals surface area contributed by atoms with Gasteiger partial charge < -0.3 is 15.1 Å². The molecule has 3 nitrogen and oxygen atoms in total. The molecular formula is C22H35N3S. The van der Waals surface area contributed by atoms with Crippen molar-refractivity contribution >= 4 is 23.0 Å². The zero-order valence-corrected chi connectivity index (χ0v) is 17.5. The molecular weight excluding hydrogens is 338 g/mol. The highest BCUT2D eigenvalue weighted by Gasteiger charge is 2.31. The maximum absolute atomic E-state index is 5.71. The number of thiocarbonyl (C=S) groups is 1. The van der Waals surface area contributed by atoms with Gasteiger partial charge in [0.1, 0.15) is 0 Å². The normalized spacial score (nSPS) is 24.7. The smallest absolute Gasteiger partial charge is 0.173 e. The van der Waals surface area contributed by atoms with Crippen molar-refractivity contribution in [2.75, 3.05) is 25.5 Å². The lowest BCUT2D eigenvalue weighted by Crippen LogP contribution is -2.51. The molecule has 1 N–H and O–H groups in total. The van der Waals surface area contributed by atoms with Crippen LogP contribution >= 0.6 is 12.2 Å². The fourth-order valence-electron chi connectivity index (χ4n) is 4.79. The van der Waals surface area contributed by atoms with Crippen LogP contribution in [0.25, 0.3) is 0 Å². The molecule has 2 atom stereocenters. The Hall–Kier alpha value is -1.13. The summed E-state index contributed by atoms with van der Waals surface area (Å²) in [4.78, 5) is 5.06. The molecule has 0 unspecified atom stereocenters. The third kappa shape index (κ3) is 4.58. The molecule has 1 heterocycles. The van der Waals surface area contributed by atoms with Crippen molar-refractivity contribution in [2.24, 2.45) is 5.92 Å². The molecule has 1 aliphatic heterocycles. The molecule has 0 amide bonds. The van der Waals surface area contributed by atoms with Gasteiger partial charge in [-0.2, -0.15) is 0 Å². The minimum Gasteiger partial charge on any atom is -0.349 e. The predicted molar refractivity (Wildman–Crippen MR) is 116 cm³/mol. The monoisotopic (exact) mass is 373 g/mol. The average Bonchev–Trinajstić information content (AvgIpc) is 2.68. The number of hydrogen-bond acceptors (Lipinski definition) is 2. The SMILES string of the molecule is CCc1ccccc1NC(=S)N1CCC(N(C)[C@H]2CCCC[C@H]2C)CC1. The fraction of sp³-hybridized carbons (Fsp3) is 0.682.